The predicted molar refractivity (Wildman–Crippen MR) is 88.9 cm³/mol. The molecule has 25 heavy (non-hydrogen) atoms. The van der Waals surface area contributed by atoms with E-state index < -0.39 is 16.8 Å². The molecule has 0 saturated carbocycles. The van der Waals surface area contributed by atoms with Crippen molar-refractivity contribution in [3.63, 3.8) is 0 Å². The van der Waals surface area contributed by atoms with Gasteiger partial charge in [0.1, 0.15) is 11.9 Å². The number of hydrogen-bond acceptors (Lipinski definition) is 9. The number of benzene rings is 1. The Labute approximate surface area is 142 Å². The molecule has 1 aromatic heterocycles. The maximum Gasteiger partial charge on any atom is 0.329 e. The SMILES string of the molecule is COC(=O)C(CNc1ncc([N+](=O)[O-])c(N)n1)Cc1ccc(O)cc1. The van der Waals surface area contributed by atoms with Crippen molar-refractivity contribution in [3.8, 4) is 5.75 Å². The standard InChI is InChI=1S/C15H17N5O5/c1-25-14(22)10(6-9-2-4-11(21)5-3-9)7-17-15-18-8-12(20(23)24)13(16)19-15/h2-5,8,10,21H,6-7H2,1H3,(H3,16,17,18,19). The van der Waals surface area contributed by atoms with Gasteiger partial charge >= 0.3 is 11.7 Å². The minimum absolute atomic E-state index is 0.0720. The van der Waals surface area contributed by atoms with Crippen molar-refractivity contribution < 1.29 is 19.6 Å². The lowest BCUT2D eigenvalue weighted by molar-refractivity contribution is -0.384. The summed E-state index contributed by atoms with van der Waals surface area (Å²) in [4.78, 5) is 29.6. The second kappa shape index (κ2) is 7.90. The second-order valence-corrected chi connectivity index (χ2v) is 5.19. The van der Waals surface area contributed by atoms with Gasteiger partial charge in [-0.1, -0.05) is 12.1 Å². The van der Waals surface area contributed by atoms with E-state index in [2.05, 4.69) is 15.3 Å². The van der Waals surface area contributed by atoms with Crippen molar-refractivity contribution in [3.05, 3.63) is 46.1 Å². The van der Waals surface area contributed by atoms with Gasteiger partial charge in [-0.3, -0.25) is 14.9 Å². The molecule has 2 rings (SSSR count). The Morgan fingerprint density at radius 2 is 2.12 bits per heavy atom. The van der Waals surface area contributed by atoms with Gasteiger partial charge < -0.3 is 20.9 Å². The molecular weight excluding hydrogens is 330 g/mol. The van der Waals surface area contributed by atoms with Crippen LogP contribution in [0.5, 0.6) is 5.75 Å². The number of carbonyl (C=O) groups excluding carboxylic acids is 1. The summed E-state index contributed by atoms with van der Waals surface area (Å²) in [6, 6.07) is 6.45. The maximum absolute atomic E-state index is 11.9. The smallest absolute Gasteiger partial charge is 0.329 e. The summed E-state index contributed by atoms with van der Waals surface area (Å²) < 4.78 is 4.79. The number of aromatic hydroxyl groups is 1. The van der Waals surface area contributed by atoms with Crippen LogP contribution in [0.15, 0.2) is 30.5 Å². The Balaban J connectivity index is 2.07. The van der Waals surface area contributed by atoms with Crippen molar-refractivity contribution >= 4 is 23.4 Å². The fraction of sp³-hybridized carbons (Fsp3) is 0.267. The van der Waals surface area contributed by atoms with Crippen LogP contribution in [0, 0.1) is 16.0 Å². The van der Waals surface area contributed by atoms with Crippen molar-refractivity contribution in [2.45, 2.75) is 6.42 Å². The van der Waals surface area contributed by atoms with E-state index in [1.54, 1.807) is 12.1 Å². The first-order valence-corrected chi connectivity index (χ1v) is 7.27. The fourth-order valence-electron chi connectivity index (χ4n) is 2.15. The molecular formula is C15H17N5O5. The summed E-state index contributed by atoms with van der Waals surface area (Å²) in [6.45, 7) is 0.144. The van der Waals surface area contributed by atoms with Gasteiger partial charge in [-0.2, -0.15) is 4.98 Å². The van der Waals surface area contributed by atoms with Crippen molar-refractivity contribution in [2.75, 3.05) is 24.7 Å². The van der Waals surface area contributed by atoms with Gasteiger partial charge in [0, 0.05) is 6.54 Å². The number of carbonyl (C=O) groups is 1. The lowest BCUT2D eigenvalue weighted by Gasteiger charge is -2.15. The number of aromatic nitrogens is 2. The zero-order chi connectivity index (χ0) is 18.4. The number of nitrogen functional groups attached to an aromatic ring is 1. The number of ether oxygens (including phenoxy) is 1. The average molecular weight is 347 g/mol. The summed E-state index contributed by atoms with van der Waals surface area (Å²) in [5.74, 6) is -1.05. The Bertz CT molecular complexity index is 765. The van der Waals surface area contributed by atoms with Crippen LogP contribution >= 0.6 is 0 Å². The van der Waals surface area contributed by atoms with Gasteiger partial charge in [-0.05, 0) is 24.1 Å². The maximum atomic E-state index is 11.9. The van der Waals surface area contributed by atoms with Gasteiger partial charge in [-0.25, -0.2) is 4.98 Å². The molecule has 0 saturated heterocycles. The summed E-state index contributed by atoms with van der Waals surface area (Å²) in [7, 11) is 1.28. The van der Waals surface area contributed by atoms with E-state index in [1.807, 2.05) is 0 Å². The highest BCUT2D eigenvalue weighted by atomic mass is 16.6. The number of rotatable bonds is 7. The summed E-state index contributed by atoms with van der Waals surface area (Å²) in [5, 5.41) is 22.8. The summed E-state index contributed by atoms with van der Waals surface area (Å²) in [6.07, 6.45) is 1.36. The molecule has 0 amide bonds. The molecule has 2 aromatic rings. The highest BCUT2D eigenvalue weighted by Gasteiger charge is 2.21. The molecule has 132 valence electrons. The van der Waals surface area contributed by atoms with Crippen LogP contribution in [0.25, 0.3) is 0 Å². The number of nitrogens with two attached hydrogens (primary N) is 1. The van der Waals surface area contributed by atoms with Gasteiger partial charge in [0.05, 0.1) is 18.0 Å². The van der Waals surface area contributed by atoms with Crippen molar-refractivity contribution in [1.29, 1.82) is 0 Å². The zero-order valence-electron chi connectivity index (χ0n) is 13.4. The van der Waals surface area contributed by atoms with E-state index in [-0.39, 0.29) is 29.7 Å². The largest absolute Gasteiger partial charge is 0.508 e. The topological polar surface area (TPSA) is 153 Å². The van der Waals surface area contributed by atoms with Crippen LogP contribution in [-0.4, -0.2) is 39.6 Å². The van der Waals surface area contributed by atoms with Crippen LogP contribution in [0.4, 0.5) is 17.5 Å². The number of anilines is 2. The van der Waals surface area contributed by atoms with Gasteiger partial charge in [0.2, 0.25) is 11.8 Å². The molecule has 1 aromatic carbocycles. The quantitative estimate of drug-likeness (QED) is 0.379. The Morgan fingerprint density at radius 3 is 2.68 bits per heavy atom. The third kappa shape index (κ3) is 4.77. The normalized spacial score (nSPS) is 11.6. The first-order chi connectivity index (χ1) is 11.9. The Kier molecular flexibility index (Phi) is 5.66. The minimum atomic E-state index is -0.679. The van der Waals surface area contributed by atoms with Crippen LogP contribution in [0.3, 0.4) is 0 Å². The molecule has 1 heterocycles. The third-order valence-corrected chi connectivity index (χ3v) is 3.45. The van der Waals surface area contributed by atoms with E-state index in [4.69, 9.17) is 10.5 Å². The molecule has 1 unspecified atom stereocenters. The lowest BCUT2D eigenvalue weighted by atomic mass is 9.99. The monoisotopic (exact) mass is 347 g/mol. The van der Waals surface area contributed by atoms with Gasteiger partial charge in [-0.15, -0.1) is 0 Å². The number of esters is 1. The average Bonchev–Trinajstić information content (AvgIpc) is 2.59. The fourth-order valence-corrected chi connectivity index (χ4v) is 2.15. The molecule has 10 heteroatoms. The van der Waals surface area contributed by atoms with E-state index in [9.17, 15) is 20.0 Å². The van der Waals surface area contributed by atoms with Gasteiger partial charge in [0.25, 0.3) is 0 Å². The Morgan fingerprint density at radius 1 is 1.44 bits per heavy atom. The van der Waals surface area contributed by atoms with E-state index in [1.165, 1.54) is 19.2 Å². The van der Waals surface area contributed by atoms with Crippen molar-refractivity contribution in [2.24, 2.45) is 5.92 Å². The number of nitro groups is 1. The molecule has 0 aliphatic carbocycles. The first-order valence-electron chi connectivity index (χ1n) is 7.27. The predicted octanol–water partition coefficient (Wildman–Crippen LogP) is 1.12. The van der Waals surface area contributed by atoms with E-state index in [0.29, 0.717) is 6.42 Å². The van der Waals surface area contributed by atoms with Crippen LogP contribution in [-0.2, 0) is 16.0 Å². The molecule has 0 radical (unpaired) electrons. The second-order valence-electron chi connectivity index (χ2n) is 5.19. The summed E-state index contributed by atoms with van der Waals surface area (Å²) >= 11 is 0. The Hall–Kier alpha value is -3.43. The number of phenols is 1. The molecule has 0 aliphatic heterocycles. The highest BCUT2D eigenvalue weighted by molar-refractivity contribution is 5.73. The molecule has 10 nitrogen and oxygen atoms in total. The number of nitrogens with one attached hydrogen (secondary N) is 1. The van der Waals surface area contributed by atoms with Crippen LogP contribution < -0.4 is 11.1 Å². The minimum Gasteiger partial charge on any atom is -0.508 e. The summed E-state index contributed by atoms with van der Waals surface area (Å²) in [5.41, 5.74) is 5.95. The molecule has 0 fully saturated rings. The van der Waals surface area contributed by atoms with Crippen LogP contribution in [0.1, 0.15) is 5.56 Å². The van der Waals surface area contributed by atoms with Gasteiger partial charge in [0.15, 0.2) is 0 Å². The molecule has 0 spiro atoms. The number of phenolic OH excluding ortho intramolecular Hbond substituents is 1. The third-order valence-electron chi connectivity index (χ3n) is 3.45. The van der Waals surface area contributed by atoms with E-state index >= 15 is 0 Å². The number of methoxy groups -OCH3 is 1. The zero-order valence-corrected chi connectivity index (χ0v) is 13.4. The lowest BCUT2D eigenvalue weighted by Crippen LogP contribution is -2.27. The first kappa shape index (κ1) is 17.9. The number of nitrogens with zero attached hydrogens (tertiary/aromatic N) is 3. The molecule has 0 bridgehead atoms. The number of hydrogen-bond donors (Lipinski definition) is 3. The van der Waals surface area contributed by atoms with E-state index in [0.717, 1.165) is 11.8 Å². The molecule has 1 atom stereocenters. The highest BCUT2D eigenvalue weighted by Crippen LogP contribution is 2.19. The molecule has 0 aliphatic rings. The van der Waals surface area contributed by atoms with Crippen LogP contribution in [0.2, 0.25) is 0 Å². The molecule has 4 N–H and O–H groups in total. The van der Waals surface area contributed by atoms with Crippen molar-refractivity contribution in [1.82, 2.24) is 9.97 Å².